The Morgan fingerprint density at radius 2 is 1.89 bits per heavy atom. The molecule has 1 saturated carbocycles. The molecule has 5 rings (SSSR count). The molecule has 4 aliphatic rings. The topological polar surface area (TPSA) is 24.6 Å². The first-order valence-electron chi connectivity index (χ1n) is 11.0. The number of nitrogens with one attached hydrogen (secondary N) is 1. The molecule has 1 aromatic carbocycles. The fraction of sp³-hybridized carbons (Fsp3) is 0.538. The maximum Gasteiger partial charge on any atom is 0.120 e. The van der Waals surface area contributed by atoms with E-state index < -0.39 is 0 Å². The van der Waals surface area contributed by atoms with Gasteiger partial charge in [-0.05, 0) is 79.2 Å². The normalized spacial score (nSPS) is 33.5. The lowest BCUT2D eigenvalue weighted by Gasteiger charge is -2.39. The Kier molecular flexibility index (Phi) is 4.14. The molecule has 1 saturated heterocycles. The van der Waals surface area contributed by atoms with Crippen molar-refractivity contribution < 1.29 is 4.74 Å². The Bertz CT molecular complexity index is 888. The Hall–Kier alpha value is -1.80. The highest BCUT2D eigenvalue weighted by molar-refractivity contribution is 5.57. The van der Waals surface area contributed by atoms with Gasteiger partial charge in [0.2, 0.25) is 0 Å². The minimum atomic E-state index is 0.0153. The Morgan fingerprint density at radius 3 is 2.64 bits per heavy atom. The number of hydrogen-bond donors (Lipinski definition) is 1. The van der Waals surface area contributed by atoms with Gasteiger partial charge in [-0.3, -0.25) is 0 Å². The van der Waals surface area contributed by atoms with E-state index in [9.17, 15) is 0 Å². The predicted octanol–water partition coefficient (Wildman–Crippen LogP) is 6.35. The van der Waals surface area contributed by atoms with Crippen molar-refractivity contribution in [3.8, 4) is 0 Å². The molecule has 0 amide bonds. The van der Waals surface area contributed by atoms with Crippen molar-refractivity contribution in [1.29, 1.82) is 0 Å². The van der Waals surface area contributed by atoms with Gasteiger partial charge in [0.05, 0.1) is 6.10 Å². The van der Waals surface area contributed by atoms with E-state index in [4.69, 9.17) is 4.74 Å². The molecular formula is C26H33NO. The number of ether oxygens (including phenoxy) is 1. The maximum absolute atomic E-state index is 6.46. The Balaban J connectivity index is 1.43. The van der Waals surface area contributed by atoms with Crippen molar-refractivity contribution in [1.82, 2.24) is 0 Å². The number of fused-ring (bicyclic) bond motifs is 2. The van der Waals surface area contributed by atoms with Crippen LogP contribution in [0.1, 0.15) is 58.4 Å². The average Bonchev–Trinajstić information content (AvgIpc) is 3.26. The Labute approximate surface area is 169 Å². The van der Waals surface area contributed by atoms with Crippen LogP contribution in [0.5, 0.6) is 0 Å². The summed E-state index contributed by atoms with van der Waals surface area (Å²) in [6.45, 7) is 10.3. The maximum atomic E-state index is 6.46. The lowest BCUT2D eigenvalue weighted by molar-refractivity contribution is 0.235. The minimum absolute atomic E-state index is 0.0153. The van der Waals surface area contributed by atoms with Crippen LogP contribution in [0.4, 0.5) is 5.69 Å². The number of benzene rings is 1. The van der Waals surface area contributed by atoms with Crippen molar-refractivity contribution in [3.63, 3.8) is 0 Å². The first kappa shape index (κ1) is 18.2. The second-order valence-corrected chi connectivity index (χ2v) is 9.94. The van der Waals surface area contributed by atoms with Gasteiger partial charge in [0.15, 0.2) is 0 Å². The molecular weight excluding hydrogens is 342 g/mol. The lowest BCUT2D eigenvalue weighted by atomic mass is 9.64. The van der Waals surface area contributed by atoms with E-state index >= 15 is 0 Å². The SMILES string of the molecule is Cc1ccc(NCC2=CC=C3C4=C(C(C)C)CC[C@]4(C)CC[C@]34O[C@H]4C2)cc1. The van der Waals surface area contributed by atoms with Gasteiger partial charge in [0, 0.05) is 12.2 Å². The summed E-state index contributed by atoms with van der Waals surface area (Å²) in [5.41, 5.74) is 9.22. The van der Waals surface area contributed by atoms with E-state index in [1.54, 1.807) is 11.1 Å². The summed E-state index contributed by atoms with van der Waals surface area (Å²) in [5, 5.41) is 3.60. The van der Waals surface area contributed by atoms with Gasteiger partial charge in [-0.1, -0.05) is 56.2 Å². The predicted molar refractivity (Wildman–Crippen MR) is 116 cm³/mol. The van der Waals surface area contributed by atoms with E-state index in [1.807, 2.05) is 0 Å². The third-order valence-electron chi connectivity index (χ3n) is 7.66. The monoisotopic (exact) mass is 375 g/mol. The number of allylic oxidation sites excluding steroid dienone is 3. The summed E-state index contributed by atoms with van der Waals surface area (Å²) in [6, 6.07) is 8.67. The number of anilines is 1. The molecule has 2 nitrogen and oxygen atoms in total. The second-order valence-electron chi connectivity index (χ2n) is 9.94. The van der Waals surface area contributed by atoms with Crippen LogP contribution in [0.3, 0.4) is 0 Å². The summed E-state index contributed by atoms with van der Waals surface area (Å²) in [5.74, 6) is 0.639. The van der Waals surface area contributed by atoms with Gasteiger partial charge in [-0.25, -0.2) is 0 Å². The van der Waals surface area contributed by atoms with Crippen LogP contribution in [0.2, 0.25) is 0 Å². The van der Waals surface area contributed by atoms with E-state index in [2.05, 4.69) is 69.4 Å². The number of rotatable bonds is 4. The van der Waals surface area contributed by atoms with Crippen LogP contribution in [-0.2, 0) is 4.74 Å². The zero-order valence-corrected chi connectivity index (χ0v) is 17.8. The number of aryl methyl sites for hydroxylation is 1. The molecule has 2 fully saturated rings. The molecule has 1 heterocycles. The summed E-state index contributed by atoms with van der Waals surface area (Å²) < 4.78 is 6.46. The first-order chi connectivity index (χ1) is 13.4. The fourth-order valence-corrected chi connectivity index (χ4v) is 5.81. The van der Waals surface area contributed by atoms with Crippen molar-refractivity contribution in [2.75, 3.05) is 11.9 Å². The molecule has 0 aromatic heterocycles. The zero-order valence-electron chi connectivity index (χ0n) is 17.8. The second kappa shape index (κ2) is 6.35. The van der Waals surface area contributed by atoms with E-state index in [0.717, 1.165) is 13.0 Å². The van der Waals surface area contributed by atoms with Crippen LogP contribution in [0, 0.1) is 18.3 Å². The first-order valence-corrected chi connectivity index (χ1v) is 11.0. The molecule has 1 aromatic rings. The quantitative estimate of drug-likeness (QED) is 0.620. The highest BCUT2D eigenvalue weighted by atomic mass is 16.6. The number of epoxide rings is 1. The summed E-state index contributed by atoms with van der Waals surface area (Å²) >= 11 is 0. The van der Waals surface area contributed by atoms with Crippen LogP contribution >= 0.6 is 0 Å². The summed E-state index contributed by atoms with van der Waals surface area (Å²) in [4.78, 5) is 0. The van der Waals surface area contributed by atoms with Crippen LogP contribution in [0.15, 0.2) is 58.7 Å². The molecule has 3 atom stereocenters. The van der Waals surface area contributed by atoms with Crippen molar-refractivity contribution in [2.24, 2.45) is 11.3 Å². The molecule has 1 spiro atoms. The Morgan fingerprint density at radius 1 is 1.11 bits per heavy atom. The van der Waals surface area contributed by atoms with Gasteiger partial charge < -0.3 is 10.1 Å². The van der Waals surface area contributed by atoms with E-state index in [-0.39, 0.29) is 5.60 Å². The summed E-state index contributed by atoms with van der Waals surface area (Å²) in [7, 11) is 0. The van der Waals surface area contributed by atoms with Gasteiger partial charge in [-0.2, -0.15) is 0 Å². The number of hydrogen-bond acceptors (Lipinski definition) is 2. The van der Waals surface area contributed by atoms with Crippen molar-refractivity contribution in [2.45, 2.75) is 71.5 Å². The fourth-order valence-electron chi connectivity index (χ4n) is 5.81. The summed E-state index contributed by atoms with van der Waals surface area (Å²) in [6.07, 6.45) is 11.3. The zero-order chi connectivity index (χ0) is 19.5. The highest BCUT2D eigenvalue weighted by Crippen LogP contribution is 2.65. The molecule has 28 heavy (non-hydrogen) atoms. The third kappa shape index (κ3) is 2.80. The van der Waals surface area contributed by atoms with Crippen LogP contribution < -0.4 is 5.32 Å². The van der Waals surface area contributed by atoms with Crippen molar-refractivity contribution in [3.05, 3.63) is 64.3 Å². The molecule has 2 heteroatoms. The van der Waals surface area contributed by atoms with Crippen LogP contribution in [-0.4, -0.2) is 18.2 Å². The third-order valence-corrected chi connectivity index (χ3v) is 7.66. The molecule has 3 aliphatic carbocycles. The molecule has 1 N–H and O–H groups in total. The van der Waals surface area contributed by atoms with Gasteiger partial charge in [0.25, 0.3) is 0 Å². The smallest absolute Gasteiger partial charge is 0.120 e. The van der Waals surface area contributed by atoms with Gasteiger partial charge in [0.1, 0.15) is 5.60 Å². The molecule has 1 aliphatic heterocycles. The molecule has 0 unspecified atom stereocenters. The highest BCUT2D eigenvalue weighted by Gasteiger charge is 2.64. The molecule has 0 radical (unpaired) electrons. The van der Waals surface area contributed by atoms with Crippen molar-refractivity contribution >= 4 is 5.69 Å². The van der Waals surface area contributed by atoms with Gasteiger partial charge in [-0.15, -0.1) is 0 Å². The largest absolute Gasteiger partial charge is 0.381 e. The lowest BCUT2D eigenvalue weighted by Crippen LogP contribution is -2.34. The minimum Gasteiger partial charge on any atom is -0.381 e. The van der Waals surface area contributed by atoms with E-state index in [0.29, 0.717) is 17.4 Å². The standard InChI is InChI=1S/C26H33NO/c1-17(2)21-11-12-25(4)13-14-26-22(24(21)25)10-7-19(15-23(26)28-26)16-27-20-8-5-18(3)6-9-20/h5-10,17,23,27H,11-16H2,1-4H3/t23-,25+,26-/m0/s1. The van der Waals surface area contributed by atoms with Gasteiger partial charge >= 0.3 is 0 Å². The van der Waals surface area contributed by atoms with E-state index in [1.165, 1.54) is 48.1 Å². The molecule has 0 bridgehead atoms. The average molecular weight is 376 g/mol. The molecule has 148 valence electrons. The van der Waals surface area contributed by atoms with Crippen LogP contribution in [0.25, 0.3) is 0 Å².